The molecule has 2 aliphatic heterocycles. The predicted molar refractivity (Wildman–Crippen MR) is 114 cm³/mol. The van der Waals surface area contributed by atoms with Crippen LogP contribution in [0.1, 0.15) is 34.5 Å². The van der Waals surface area contributed by atoms with Gasteiger partial charge in [0.05, 0.1) is 11.3 Å². The van der Waals surface area contributed by atoms with Crippen molar-refractivity contribution in [1.29, 1.82) is 0 Å². The number of carboxylic acid groups (broad SMARTS) is 1. The Labute approximate surface area is 182 Å². The van der Waals surface area contributed by atoms with Crippen molar-refractivity contribution < 1.29 is 19.4 Å². The van der Waals surface area contributed by atoms with Gasteiger partial charge in [-0.1, -0.05) is 11.6 Å². The molecule has 9 heteroatoms. The van der Waals surface area contributed by atoms with E-state index in [1.807, 2.05) is 6.07 Å². The monoisotopic (exact) mass is 438 g/mol. The van der Waals surface area contributed by atoms with Gasteiger partial charge in [0.2, 0.25) is 5.78 Å². The van der Waals surface area contributed by atoms with E-state index in [0.29, 0.717) is 47.2 Å². The van der Waals surface area contributed by atoms with E-state index in [1.165, 1.54) is 4.90 Å². The SMILES string of the molecule is O=C1/C(=C/c2n[nH]c3ncccc23)Oc2c1ccc(Cl)c2CC1CCN(C(=O)O)CC1. The number of allylic oxidation sites excluding steroid dienone is 1. The zero-order valence-electron chi connectivity index (χ0n) is 16.5. The highest BCUT2D eigenvalue weighted by Crippen LogP contribution is 2.41. The Morgan fingerprint density at radius 1 is 1.32 bits per heavy atom. The molecule has 0 atom stereocenters. The summed E-state index contributed by atoms with van der Waals surface area (Å²) in [5.41, 5.74) is 2.48. The number of amides is 1. The summed E-state index contributed by atoms with van der Waals surface area (Å²) in [6, 6.07) is 7.08. The molecule has 0 unspecified atom stereocenters. The van der Waals surface area contributed by atoms with Crippen LogP contribution < -0.4 is 4.74 Å². The van der Waals surface area contributed by atoms with Crippen molar-refractivity contribution >= 4 is 40.6 Å². The normalized spacial score (nSPS) is 17.9. The van der Waals surface area contributed by atoms with Crippen LogP contribution in [0.15, 0.2) is 36.2 Å². The Kier molecular flexibility index (Phi) is 4.86. The van der Waals surface area contributed by atoms with Gasteiger partial charge >= 0.3 is 6.09 Å². The van der Waals surface area contributed by atoms with Crippen molar-refractivity contribution in [3.63, 3.8) is 0 Å². The summed E-state index contributed by atoms with van der Waals surface area (Å²) in [7, 11) is 0. The number of nitrogens with zero attached hydrogens (tertiary/aromatic N) is 3. The number of hydrogen-bond acceptors (Lipinski definition) is 5. The smallest absolute Gasteiger partial charge is 0.407 e. The second kappa shape index (κ2) is 7.70. The quantitative estimate of drug-likeness (QED) is 0.594. The molecular formula is C22H19ClN4O4. The first-order chi connectivity index (χ1) is 15.0. The van der Waals surface area contributed by atoms with Crippen LogP contribution in [0.25, 0.3) is 17.1 Å². The summed E-state index contributed by atoms with van der Waals surface area (Å²) >= 11 is 6.48. The zero-order chi connectivity index (χ0) is 21.5. The Balaban J connectivity index is 1.42. The molecule has 3 aromatic rings. The number of Topliss-reactive ketones (excluding diaryl/α,β-unsaturated/α-hetero) is 1. The number of carbonyl (C=O) groups excluding carboxylic acids is 1. The van der Waals surface area contributed by atoms with E-state index in [1.54, 1.807) is 30.5 Å². The number of fused-ring (bicyclic) bond motifs is 2. The van der Waals surface area contributed by atoms with E-state index < -0.39 is 6.09 Å². The molecule has 0 spiro atoms. The second-order valence-corrected chi connectivity index (χ2v) is 8.18. The number of pyridine rings is 1. The molecule has 5 rings (SSSR count). The van der Waals surface area contributed by atoms with Crippen molar-refractivity contribution in [2.45, 2.75) is 19.3 Å². The van der Waals surface area contributed by atoms with Gasteiger partial charge in [-0.3, -0.25) is 9.89 Å². The molecule has 158 valence electrons. The summed E-state index contributed by atoms with van der Waals surface area (Å²) in [6.45, 7) is 0.996. The lowest BCUT2D eigenvalue weighted by Crippen LogP contribution is -2.37. The van der Waals surface area contributed by atoms with Crippen LogP contribution in [0.5, 0.6) is 5.75 Å². The number of rotatable bonds is 3. The second-order valence-electron chi connectivity index (χ2n) is 7.77. The van der Waals surface area contributed by atoms with Crippen LogP contribution in [0.4, 0.5) is 4.79 Å². The van der Waals surface area contributed by atoms with Crippen molar-refractivity contribution in [1.82, 2.24) is 20.1 Å². The third kappa shape index (κ3) is 3.53. The third-order valence-corrected chi connectivity index (χ3v) is 6.25. The third-order valence-electron chi connectivity index (χ3n) is 5.90. The minimum atomic E-state index is -0.887. The molecule has 2 N–H and O–H groups in total. The number of aromatic nitrogens is 3. The maximum absolute atomic E-state index is 13.0. The van der Waals surface area contributed by atoms with Crippen LogP contribution >= 0.6 is 11.6 Å². The van der Waals surface area contributed by atoms with E-state index in [0.717, 1.165) is 23.8 Å². The Hall–Kier alpha value is -3.39. The largest absolute Gasteiger partial charge is 0.465 e. The highest BCUT2D eigenvalue weighted by atomic mass is 35.5. The topological polar surface area (TPSA) is 108 Å². The van der Waals surface area contributed by atoms with Gasteiger partial charge in [0.1, 0.15) is 5.75 Å². The molecule has 8 nitrogen and oxygen atoms in total. The maximum atomic E-state index is 13.0. The number of ketones is 1. The molecule has 0 radical (unpaired) electrons. The van der Waals surface area contributed by atoms with Gasteiger partial charge in [-0.05, 0) is 49.4 Å². The van der Waals surface area contributed by atoms with Crippen molar-refractivity contribution in [2.24, 2.45) is 5.92 Å². The molecular weight excluding hydrogens is 420 g/mol. The first kappa shape index (κ1) is 19.6. The van der Waals surface area contributed by atoms with E-state index >= 15 is 0 Å². The molecule has 1 aromatic carbocycles. The Morgan fingerprint density at radius 2 is 2.13 bits per heavy atom. The average Bonchev–Trinajstić information content (AvgIpc) is 3.32. The predicted octanol–water partition coefficient (Wildman–Crippen LogP) is 4.16. The number of hydrogen-bond donors (Lipinski definition) is 2. The zero-order valence-corrected chi connectivity index (χ0v) is 17.2. The van der Waals surface area contributed by atoms with Crippen molar-refractivity contribution in [3.8, 4) is 5.75 Å². The lowest BCUT2D eigenvalue weighted by molar-refractivity contribution is 0.101. The number of benzene rings is 1. The lowest BCUT2D eigenvalue weighted by Gasteiger charge is -2.30. The van der Waals surface area contributed by atoms with E-state index in [4.69, 9.17) is 21.4 Å². The first-order valence-electron chi connectivity index (χ1n) is 10.0. The molecule has 1 saturated heterocycles. The number of aromatic amines is 1. The number of H-pyrrole nitrogens is 1. The molecule has 1 amide bonds. The molecule has 4 heterocycles. The summed E-state index contributed by atoms with van der Waals surface area (Å²) in [5, 5.41) is 17.6. The molecule has 2 aromatic heterocycles. The van der Waals surface area contributed by atoms with Gasteiger partial charge in [0, 0.05) is 41.3 Å². The summed E-state index contributed by atoms with van der Waals surface area (Å²) in [4.78, 5) is 29.8. The van der Waals surface area contributed by atoms with Crippen molar-refractivity contribution in [3.05, 3.63) is 58.1 Å². The molecule has 0 aliphatic carbocycles. The highest BCUT2D eigenvalue weighted by Gasteiger charge is 2.33. The van der Waals surface area contributed by atoms with Gasteiger partial charge < -0.3 is 14.7 Å². The first-order valence-corrected chi connectivity index (χ1v) is 10.4. The fraction of sp³-hybridized carbons (Fsp3) is 0.273. The van der Waals surface area contributed by atoms with Crippen LogP contribution in [0.3, 0.4) is 0 Å². The summed E-state index contributed by atoms with van der Waals surface area (Å²) in [5.74, 6) is 0.736. The molecule has 31 heavy (non-hydrogen) atoms. The number of nitrogens with one attached hydrogen (secondary N) is 1. The fourth-order valence-electron chi connectivity index (χ4n) is 4.20. The number of carbonyl (C=O) groups is 2. The van der Waals surface area contributed by atoms with Crippen molar-refractivity contribution in [2.75, 3.05) is 13.1 Å². The molecule has 0 bridgehead atoms. The molecule has 0 saturated carbocycles. The number of ether oxygens (including phenoxy) is 1. The fourth-order valence-corrected chi connectivity index (χ4v) is 4.43. The van der Waals surface area contributed by atoms with E-state index in [-0.39, 0.29) is 17.5 Å². The number of halogens is 1. The van der Waals surface area contributed by atoms with Gasteiger partial charge in [-0.25, -0.2) is 9.78 Å². The number of piperidine rings is 1. The molecule has 1 fully saturated rings. The van der Waals surface area contributed by atoms with Gasteiger partial charge in [0.15, 0.2) is 11.4 Å². The minimum Gasteiger partial charge on any atom is -0.465 e. The van der Waals surface area contributed by atoms with Gasteiger partial charge in [-0.2, -0.15) is 5.10 Å². The van der Waals surface area contributed by atoms with Gasteiger partial charge in [-0.15, -0.1) is 0 Å². The maximum Gasteiger partial charge on any atom is 0.407 e. The average molecular weight is 439 g/mol. The molecule has 2 aliphatic rings. The highest BCUT2D eigenvalue weighted by molar-refractivity contribution is 6.32. The van der Waals surface area contributed by atoms with Crippen LogP contribution in [-0.4, -0.2) is 50.2 Å². The van der Waals surface area contributed by atoms with Crippen LogP contribution in [0, 0.1) is 5.92 Å². The Bertz CT molecular complexity index is 1230. The number of likely N-dealkylation sites (tertiary alicyclic amines) is 1. The van der Waals surface area contributed by atoms with E-state index in [2.05, 4.69) is 15.2 Å². The lowest BCUT2D eigenvalue weighted by atomic mass is 9.89. The van der Waals surface area contributed by atoms with E-state index in [9.17, 15) is 9.59 Å². The van der Waals surface area contributed by atoms with Crippen LogP contribution in [0.2, 0.25) is 5.02 Å². The standard InChI is InChI=1S/C22H19ClN4O4/c23-16-4-3-14-19(28)18(11-17-13-2-1-7-24-21(13)26-25-17)31-20(14)15(16)10-12-5-8-27(9-6-12)22(29)30/h1-4,7,11-12H,5-6,8-10H2,(H,29,30)(H,24,25,26)/b18-11-. The van der Waals surface area contributed by atoms with Crippen LogP contribution in [-0.2, 0) is 6.42 Å². The Morgan fingerprint density at radius 3 is 2.90 bits per heavy atom. The van der Waals surface area contributed by atoms with Gasteiger partial charge in [0.25, 0.3) is 0 Å². The minimum absolute atomic E-state index is 0.191. The summed E-state index contributed by atoms with van der Waals surface area (Å²) < 4.78 is 6.00. The summed E-state index contributed by atoms with van der Waals surface area (Å²) in [6.07, 6.45) is 4.52.